The highest BCUT2D eigenvalue weighted by Gasteiger charge is 2.10. The van der Waals surface area contributed by atoms with Crippen molar-refractivity contribution >= 4 is 29.1 Å². The molecule has 0 N–H and O–H groups in total. The number of non-ortho nitro benzene ring substituents is 1. The van der Waals surface area contributed by atoms with Crippen LogP contribution in [0.2, 0.25) is 5.02 Å². The molecular formula is C13H9ClFNO2S. The molecule has 0 unspecified atom stereocenters. The number of thioether (sulfide) groups is 1. The first kappa shape index (κ1) is 13.8. The van der Waals surface area contributed by atoms with Crippen LogP contribution >= 0.6 is 23.4 Å². The fourth-order valence-electron chi connectivity index (χ4n) is 1.48. The molecule has 0 radical (unpaired) electrons. The zero-order valence-corrected chi connectivity index (χ0v) is 11.2. The lowest BCUT2D eigenvalue weighted by Gasteiger charge is -2.03. The minimum atomic E-state index is -0.604. The van der Waals surface area contributed by atoms with Crippen LogP contribution in [-0.4, -0.2) is 4.92 Å². The highest BCUT2D eigenvalue weighted by molar-refractivity contribution is 7.98. The molecule has 2 aromatic carbocycles. The molecule has 0 bridgehead atoms. The molecule has 0 spiro atoms. The third-order valence-electron chi connectivity index (χ3n) is 2.39. The van der Waals surface area contributed by atoms with Gasteiger partial charge in [0.2, 0.25) is 0 Å². The second-order valence-corrected chi connectivity index (χ2v) is 5.30. The van der Waals surface area contributed by atoms with E-state index in [9.17, 15) is 14.5 Å². The van der Waals surface area contributed by atoms with E-state index in [-0.39, 0.29) is 5.69 Å². The van der Waals surface area contributed by atoms with E-state index in [4.69, 9.17) is 11.6 Å². The molecule has 0 amide bonds. The van der Waals surface area contributed by atoms with Gasteiger partial charge in [-0.25, -0.2) is 4.39 Å². The van der Waals surface area contributed by atoms with E-state index in [1.807, 2.05) is 12.1 Å². The van der Waals surface area contributed by atoms with Crippen LogP contribution in [0.15, 0.2) is 47.4 Å². The fourth-order valence-corrected chi connectivity index (χ4v) is 2.54. The predicted octanol–water partition coefficient (Wildman–Crippen LogP) is 4.68. The van der Waals surface area contributed by atoms with Crippen LogP contribution in [-0.2, 0) is 5.75 Å². The number of rotatable bonds is 4. The summed E-state index contributed by atoms with van der Waals surface area (Å²) in [5.41, 5.74) is 0.778. The molecule has 19 heavy (non-hydrogen) atoms. The molecule has 0 aromatic heterocycles. The largest absolute Gasteiger partial charge is 0.273 e. The van der Waals surface area contributed by atoms with Crippen molar-refractivity contribution in [2.75, 3.05) is 0 Å². The molecule has 98 valence electrons. The number of nitrogens with zero attached hydrogens (tertiary/aromatic N) is 1. The summed E-state index contributed by atoms with van der Waals surface area (Å²) in [4.78, 5) is 10.6. The Kier molecular flexibility index (Phi) is 4.39. The minimum Gasteiger partial charge on any atom is -0.258 e. The van der Waals surface area contributed by atoms with Crippen LogP contribution in [0.1, 0.15) is 5.56 Å². The van der Waals surface area contributed by atoms with Gasteiger partial charge in [-0.1, -0.05) is 23.7 Å². The highest BCUT2D eigenvalue weighted by atomic mass is 35.5. The predicted molar refractivity (Wildman–Crippen MR) is 74.1 cm³/mol. The molecule has 0 aliphatic rings. The first-order valence-corrected chi connectivity index (χ1v) is 6.73. The van der Waals surface area contributed by atoms with Gasteiger partial charge in [-0.15, -0.1) is 11.8 Å². The number of hydrogen-bond acceptors (Lipinski definition) is 3. The van der Waals surface area contributed by atoms with Gasteiger partial charge < -0.3 is 0 Å². The van der Waals surface area contributed by atoms with Gasteiger partial charge >= 0.3 is 0 Å². The lowest BCUT2D eigenvalue weighted by Crippen LogP contribution is -1.90. The molecule has 0 aliphatic heterocycles. The van der Waals surface area contributed by atoms with Crippen LogP contribution in [0.3, 0.4) is 0 Å². The van der Waals surface area contributed by atoms with Crippen molar-refractivity contribution in [1.29, 1.82) is 0 Å². The topological polar surface area (TPSA) is 43.1 Å². The summed E-state index contributed by atoms with van der Waals surface area (Å²) in [6, 6.07) is 10.8. The maximum absolute atomic E-state index is 13.2. The summed E-state index contributed by atoms with van der Waals surface area (Å²) in [7, 11) is 0. The van der Waals surface area contributed by atoms with E-state index in [0.29, 0.717) is 15.7 Å². The van der Waals surface area contributed by atoms with Gasteiger partial charge in [0, 0.05) is 21.7 Å². The van der Waals surface area contributed by atoms with Gasteiger partial charge in [-0.3, -0.25) is 10.1 Å². The van der Waals surface area contributed by atoms with Crippen molar-refractivity contribution < 1.29 is 9.31 Å². The van der Waals surface area contributed by atoms with Gasteiger partial charge in [0.15, 0.2) is 0 Å². The van der Waals surface area contributed by atoms with Crippen LogP contribution in [0.4, 0.5) is 10.1 Å². The van der Waals surface area contributed by atoms with Gasteiger partial charge in [0.1, 0.15) is 5.82 Å². The normalized spacial score (nSPS) is 10.4. The Labute approximate surface area is 118 Å². The van der Waals surface area contributed by atoms with Gasteiger partial charge in [0.05, 0.1) is 11.0 Å². The molecule has 2 rings (SSSR count). The molecule has 0 saturated heterocycles. The average molecular weight is 298 g/mol. The van der Waals surface area contributed by atoms with Gasteiger partial charge in [-0.2, -0.15) is 0 Å². The van der Waals surface area contributed by atoms with E-state index >= 15 is 0 Å². The lowest BCUT2D eigenvalue weighted by atomic mass is 10.2. The van der Waals surface area contributed by atoms with E-state index in [1.54, 1.807) is 12.1 Å². The van der Waals surface area contributed by atoms with E-state index < -0.39 is 10.7 Å². The summed E-state index contributed by atoms with van der Waals surface area (Å²) in [6.45, 7) is 0. The second kappa shape index (κ2) is 6.04. The fraction of sp³-hybridized carbons (Fsp3) is 0.0769. The van der Waals surface area contributed by atoms with Crippen LogP contribution < -0.4 is 0 Å². The Hall–Kier alpha value is -1.59. The molecule has 2 aromatic rings. The van der Waals surface area contributed by atoms with Crippen molar-refractivity contribution in [2.45, 2.75) is 10.6 Å². The Balaban J connectivity index is 2.11. The number of halogens is 2. The summed E-state index contributed by atoms with van der Waals surface area (Å²) < 4.78 is 13.2. The number of hydrogen-bond donors (Lipinski definition) is 0. The maximum Gasteiger partial charge on any atom is 0.273 e. The number of nitro groups is 1. The van der Waals surface area contributed by atoms with Gasteiger partial charge in [0.25, 0.3) is 5.69 Å². The zero-order chi connectivity index (χ0) is 13.8. The average Bonchev–Trinajstić information content (AvgIpc) is 2.37. The third kappa shape index (κ3) is 3.94. The Morgan fingerprint density at radius 1 is 1.21 bits per heavy atom. The van der Waals surface area contributed by atoms with Crippen molar-refractivity contribution in [2.24, 2.45) is 0 Å². The summed E-state index contributed by atoms with van der Waals surface area (Å²) in [5, 5.41) is 11.3. The molecule has 0 fully saturated rings. The molecule has 0 saturated carbocycles. The second-order valence-electron chi connectivity index (χ2n) is 3.82. The summed E-state index contributed by atoms with van der Waals surface area (Å²) in [5.74, 6) is -0.00887. The Bertz CT molecular complexity index is 604. The van der Waals surface area contributed by atoms with Crippen molar-refractivity contribution in [3.05, 3.63) is 69.0 Å². The molecule has 6 heteroatoms. The van der Waals surface area contributed by atoms with E-state index in [2.05, 4.69) is 0 Å². The van der Waals surface area contributed by atoms with Gasteiger partial charge in [-0.05, 0) is 23.8 Å². The highest BCUT2D eigenvalue weighted by Crippen LogP contribution is 2.27. The van der Waals surface area contributed by atoms with Crippen LogP contribution in [0, 0.1) is 15.9 Å². The standard InChI is InChI=1S/C13H9ClFNO2S/c14-10-3-1-9(2-4-10)8-19-13-6-11(15)5-12(7-13)16(17)18/h1-7H,8H2. The first-order chi connectivity index (χ1) is 9.04. The maximum atomic E-state index is 13.2. The quantitative estimate of drug-likeness (QED) is 0.467. The Morgan fingerprint density at radius 3 is 2.53 bits per heavy atom. The Morgan fingerprint density at radius 2 is 1.89 bits per heavy atom. The van der Waals surface area contributed by atoms with Crippen LogP contribution in [0.25, 0.3) is 0 Å². The van der Waals surface area contributed by atoms with E-state index in [0.717, 1.165) is 11.6 Å². The number of benzene rings is 2. The first-order valence-electron chi connectivity index (χ1n) is 5.37. The molecule has 0 atom stereocenters. The zero-order valence-electron chi connectivity index (χ0n) is 9.68. The molecule has 0 heterocycles. The van der Waals surface area contributed by atoms with Crippen molar-refractivity contribution in [3.8, 4) is 0 Å². The smallest absolute Gasteiger partial charge is 0.258 e. The SMILES string of the molecule is O=[N+]([O-])c1cc(F)cc(SCc2ccc(Cl)cc2)c1. The molecule has 0 aliphatic carbocycles. The minimum absolute atomic E-state index is 0.237. The van der Waals surface area contributed by atoms with Crippen molar-refractivity contribution in [3.63, 3.8) is 0 Å². The van der Waals surface area contributed by atoms with E-state index in [1.165, 1.54) is 23.9 Å². The molecular weight excluding hydrogens is 289 g/mol. The summed E-state index contributed by atoms with van der Waals surface area (Å²) >= 11 is 7.11. The van der Waals surface area contributed by atoms with Crippen molar-refractivity contribution in [1.82, 2.24) is 0 Å². The lowest BCUT2D eigenvalue weighted by molar-refractivity contribution is -0.385. The number of nitro benzene ring substituents is 1. The monoisotopic (exact) mass is 297 g/mol. The van der Waals surface area contributed by atoms with Crippen LogP contribution in [0.5, 0.6) is 0 Å². The molecule has 3 nitrogen and oxygen atoms in total. The third-order valence-corrected chi connectivity index (χ3v) is 3.68. The summed E-state index contributed by atoms with van der Waals surface area (Å²) in [6.07, 6.45) is 0.